The maximum atomic E-state index is 9.22. The lowest BCUT2D eigenvalue weighted by molar-refractivity contribution is 0.0859. The number of aliphatic hydroxyl groups excluding tert-OH is 1. The first-order valence-corrected chi connectivity index (χ1v) is 8.16. The second-order valence-corrected chi connectivity index (χ2v) is 7.66. The van der Waals surface area contributed by atoms with Gasteiger partial charge in [-0.05, 0) is 59.3 Å². The lowest BCUT2D eigenvalue weighted by Crippen LogP contribution is -2.40. The standard InChI is InChI=1S/C17H31N3O/c1-13-15(14(2)20(19-13)16(3,4)5)11-18-12-17(9-10-21)7-6-8-17/h18,21H,6-12H2,1-5H3. The van der Waals surface area contributed by atoms with E-state index in [1.807, 2.05) is 0 Å². The average Bonchev–Trinajstić information content (AvgIpc) is 2.63. The maximum absolute atomic E-state index is 9.22. The van der Waals surface area contributed by atoms with Crippen LogP contribution in [0.15, 0.2) is 0 Å². The summed E-state index contributed by atoms with van der Waals surface area (Å²) in [6, 6.07) is 0. The number of aliphatic hydroxyl groups is 1. The molecule has 1 aromatic heterocycles. The molecular formula is C17H31N3O. The van der Waals surface area contributed by atoms with Crippen molar-refractivity contribution in [1.29, 1.82) is 0 Å². The van der Waals surface area contributed by atoms with E-state index in [-0.39, 0.29) is 5.54 Å². The van der Waals surface area contributed by atoms with Crippen LogP contribution in [0.5, 0.6) is 0 Å². The molecule has 4 heteroatoms. The molecule has 0 amide bonds. The van der Waals surface area contributed by atoms with Crippen molar-refractivity contribution >= 4 is 0 Å². The molecule has 2 rings (SSSR count). The smallest absolute Gasteiger partial charge is 0.0641 e. The third kappa shape index (κ3) is 3.49. The number of aromatic nitrogens is 2. The summed E-state index contributed by atoms with van der Waals surface area (Å²) in [5.41, 5.74) is 4.08. The summed E-state index contributed by atoms with van der Waals surface area (Å²) >= 11 is 0. The Morgan fingerprint density at radius 2 is 1.95 bits per heavy atom. The lowest BCUT2D eigenvalue weighted by atomic mass is 9.67. The molecule has 0 atom stereocenters. The van der Waals surface area contributed by atoms with E-state index in [0.717, 1.165) is 25.2 Å². The van der Waals surface area contributed by atoms with Crippen molar-refractivity contribution in [1.82, 2.24) is 15.1 Å². The highest BCUT2D eigenvalue weighted by atomic mass is 16.3. The van der Waals surface area contributed by atoms with Gasteiger partial charge in [-0.1, -0.05) is 6.42 Å². The molecule has 0 unspecified atom stereocenters. The van der Waals surface area contributed by atoms with Crippen molar-refractivity contribution in [2.45, 2.75) is 72.4 Å². The van der Waals surface area contributed by atoms with Gasteiger partial charge in [0.05, 0.1) is 11.2 Å². The van der Waals surface area contributed by atoms with Crippen LogP contribution in [0.25, 0.3) is 0 Å². The highest BCUT2D eigenvalue weighted by molar-refractivity contribution is 5.25. The van der Waals surface area contributed by atoms with Crippen LogP contribution in [-0.2, 0) is 12.1 Å². The zero-order chi connectivity index (χ0) is 15.7. The molecule has 120 valence electrons. The first kappa shape index (κ1) is 16.5. The van der Waals surface area contributed by atoms with Crippen LogP contribution in [0, 0.1) is 19.3 Å². The van der Waals surface area contributed by atoms with Crippen molar-refractivity contribution in [2.24, 2.45) is 5.41 Å². The molecule has 2 N–H and O–H groups in total. The van der Waals surface area contributed by atoms with Gasteiger partial charge in [0.1, 0.15) is 0 Å². The topological polar surface area (TPSA) is 50.1 Å². The van der Waals surface area contributed by atoms with Gasteiger partial charge in [0.2, 0.25) is 0 Å². The summed E-state index contributed by atoms with van der Waals surface area (Å²) in [6.07, 6.45) is 4.74. The van der Waals surface area contributed by atoms with E-state index < -0.39 is 0 Å². The number of nitrogens with zero attached hydrogens (tertiary/aromatic N) is 2. The van der Waals surface area contributed by atoms with E-state index >= 15 is 0 Å². The number of aryl methyl sites for hydroxylation is 1. The SMILES string of the molecule is Cc1nn(C(C)(C)C)c(C)c1CNCC1(CCO)CCC1. The summed E-state index contributed by atoms with van der Waals surface area (Å²) in [7, 11) is 0. The minimum absolute atomic E-state index is 0.0270. The number of rotatable bonds is 6. The highest BCUT2D eigenvalue weighted by Gasteiger charge is 2.35. The van der Waals surface area contributed by atoms with Gasteiger partial charge in [0.15, 0.2) is 0 Å². The fraction of sp³-hybridized carbons (Fsp3) is 0.824. The number of hydrogen-bond donors (Lipinski definition) is 2. The van der Waals surface area contributed by atoms with Crippen LogP contribution in [0.1, 0.15) is 63.4 Å². The molecule has 1 aliphatic rings. The van der Waals surface area contributed by atoms with Gasteiger partial charge in [-0.15, -0.1) is 0 Å². The molecule has 0 bridgehead atoms. The molecule has 0 saturated heterocycles. The molecule has 0 aromatic carbocycles. The van der Waals surface area contributed by atoms with Crippen LogP contribution in [-0.4, -0.2) is 28.0 Å². The second-order valence-electron chi connectivity index (χ2n) is 7.66. The molecule has 21 heavy (non-hydrogen) atoms. The zero-order valence-electron chi connectivity index (χ0n) is 14.3. The van der Waals surface area contributed by atoms with Crippen LogP contribution < -0.4 is 5.32 Å². The Labute approximate surface area is 128 Å². The van der Waals surface area contributed by atoms with Gasteiger partial charge >= 0.3 is 0 Å². The largest absolute Gasteiger partial charge is 0.396 e. The quantitative estimate of drug-likeness (QED) is 0.848. The van der Waals surface area contributed by atoms with Gasteiger partial charge in [0.25, 0.3) is 0 Å². The minimum atomic E-state index is 0.0270. The van der Waals surface area contributed by atoms with E-state index in [9.17, 15) is 5.11 Å². The molecule has 0 radical (unpaired) electrons. The Morgan fingerprint density at radius 3 is 2.38 bits per heavy atom. The van der Waals surface area contributed by atoms with Gasteiger partial charge in [-0.3, -0.25) is 4.68 Å². The van der Waals surface area contributed by atoms with Crippen molar-refractivity contribution in [3.8, 4) is 0 Å². The van der Waals surface area contributed by atoms with Crippen molar-refractivity contribution in [3.63, 3.8) is 0 Å². The van der Waals surface area contributed by atoms with E-state index in [4.69, 9.17) is 5.10 Å². The first-order chi connectivity index (χ1) is 9.79. The van der Waals surface area contributed by atoms with E-state index in [1.165, 1.54) is 30.5 Å². The predicted molar refractivity (Wildman–Crippen MR) is 86.4 cm³/mol. The summed E-state index contributed by atoms with van der Waals surface area (Å²) in [4.78, 5) is 0. The molecule has 4 nitrogen and oxygen atoms in total. The predicted octanol–water partition coefficient (Wildman–Crippen LogP) is 2.90. The fourth-order valence-electron chi connectivity index (χ4n) is 3.47. The van der Waals surface area contributed by atoms with Gasteiger partial charge in [-0.2, -0.15) is 5.10 Å². The first-order valence-electron chi connectivity index (χ1n) is 8.16. The third-order valence-electron chi connectivity index (χ3n) is 4.93. The van der Waals surface area contributed by atoms with Crippen molar-refractivity contribution in [3.05, 3.63) is 17.0 Å². The third-order valence-corrected chi connectivity index (χ3v) is 4.93. The Balaban J connectivity index is 1.99. The highest BCUT2D eigenvalue weighted by Crippen LogP contribution is 2.43. The number of nitrogens with one attached hydrogen (secondary N) is 1. The van der Waals surface area contributed by atoms with Gasteiger partial charge in [0, 0.05) is 31.0 Å². The normalized spacial score (nSPS) is 17.8. The molecule has 0 aliphatic heterocycles. The van der Waals surface area contributed by atoms with Gasteiger partial charge in [-0.25, -0.2) is 0 Å². The second kappa shape index (κ2) is 6.09. The van der Waals surface area contributed by atoms with Gasteiger partial charge < -0.3 is 10.4 Å². The zero-order valence-corrected chi connectivity index (χ0v) is 14.3. The molecule has 1 heterocycles. The van der Waals surface area contributed by atoms with E-state index in [1.54, 1.807) is 0 Å². The molecule has 1 saturated carbocycles. The maximum Gasteiger partial charge on any atom is 0.0641 e. The van der Waals surface area contributed by atoms with Crippen LogP contribution in [0.3, 0.4) is 0 Å². The van der Waals surface area contributed by atoms with Crippen LogP contribution >= 0.6 is 0 Å². The van der Waals surface area contributed by atoms with E-state index in [2.05, 4.69) is 44.6 Å². The van der Waals surface area contributed by atoms with Crippen molar-refractivity contribution in [2.75, 3.05) is 13.2 Å². The van der Waals surface area contributed by atoms with Crippen molar-refractivity contribution < 1.29 is 5.11 Å². The summed E-state index contributed by atoms with van der Waals surface area (Å²) in [5, 5.41) is 17.5. The summed E-state index contributed by atoms with van der Waals surface area (Å²) in [6.45, 7) is 13.0. The van der Waals surface area contributed by atoms with E-state index in [0.29, 0.717) is 12.0 Å². The Hall–Kier alpha value is -0.870. The Morgan fingerprint density at radius 1 is 1.29 bits per heavy atom. The summed E-state index contributed by atoms with van der Waals surface area (Å²) in [5.74, 6) is 0. The monoisotopic (exact) mass is 293 g/mol. The molecule has 0 spiro atoms. The molecular weight excluding hydrogens is 262 g/mol. The lowest BCUT2D eigenvalue weighted by Gasteiger charge is -2.42. The van der Waals surface area contributed by atoms with Crippen LogP contribution in [0.2, 0.25) is 0 Å². The molecule has 1 aromatic rings. The fourth-order valence-corrected chi connectivity index (χ4v) is 3.47. The Kier molecular flexibility index (Phi) is 4.79. The minimum Gasteiger partial charge on any atom is -0.396 e. The molecule has 1 aliphatic carbocycles. The molecule has 1 fully saturated rings. The van der Waals surface area contributed by atoms with Crippen LogP contribution in [0.4, 0.5) is 0 Å². The summed E-state index contributed by atoms with van der Waals surface area (Å²) < 4.78 is 2.13. The number of hydrogen-bond acceptors (Lipinski definition) is 3. The Bertz CT molecular complexity index is 481. The average molecular weight is 293 g/mol.